The van der Waals surface area contributed by atoms with Crippen LogP contribution in [-0.2, 0) is 19.9 Å². The zero-order chi connectivity index (χ0) is 17.7. The highest BCUT2D eigenvalue weighted by atomic mass is 32.1. The van der Waals surface area contributed by atoms with E-state index in [0.717, 1.165) is 54.1 Å². The van der Waals surface area contributed by atoms with Gasteiger partial charge in [0.05, 0.1) is 22.1 Å². The Hall–Kier alpha value is -2.21. The maximum absolute atomic E-state index is 13.0. The Balaban J connectivity index is 1.37. The van der Waals surface area contributed by atoms with Crippen LogP contribution in [0, 0.1) is 0 Å². The van der Waals surface area contributed by atoms with Gasteiger partial charge in [-0.05, 0) is 49.8 Å². The van der Waals surface area contributed by atoms with Crippen molar-refractivity contribution in [3.8, 4) is 0 Å². The van der Waals surface area contributed by atoms with Crippen molar-refractivity contribution in [2.75, 3.05) is 13.1 Å². The second-order valence-corrected chi connectivity index (χ2v) is 8.53. The lowest BCUT2D eigenvalue weighted by Crippen LogP contribution is -2.28. The molecule has 0 spiro atoms. The second-order valence-electron chi connectivity index (χ2n) is 7.40. The highest BCUT2D eigenvalue weighted by Gasteiger charge is 2.32. The van der Waals surface area contributed by atoms with Crippen LogP contribution in [0.2, 0.25) is 0 Å². The quantitative estimate of drug-likeness (QED) is 0.697. The van der Waals surface area contributed by atoms with Crippen molar-refractivity contribution in [2.45, 2.75) is 38.0 Å². The minimum atomic E-state index is 0.201. The number of fused-ring (bicyclic) bond motifs is 2. The summed E-state index contributed by atoms with van der Waals surface area (Å²) in [7, 11) is 2.05. The Morgan fingerprint density at radius 2 is 2.19 bits per heavy atom. The van der Waals surface area contributed by atoms with Crippen molar-refractivity contribution in [1.29, 1.82) is 0 Å². The fourth-order valence-electron chi connectivity index (χ4n) is 4.33. The van der Waals surface area contributed by atoms with Crippen LogP contribution in [0.25, 0.3) is 11.0 Å². The average molecular weight is 366 g/mol. The van der Waals surface area contributed by atoms with Crippen LogP contribution in [0.4, 0.5) is 0 Å². The molecule has 0 aromatic carbocycles. The van der Waals surface area contributed by atoms with E-state index in [0.29, 0.717) is 5.92 Å². The van der Waals surface area contributed by atoms with Gasteiger partial charge in [-0.2, -0.15) is 0 Å². The molecule has 1 aliphatic heterocycles. The summed E-state index contributed by atoms with van der Waals surface area (Å²) in [6.45, 7) is 1.57. The summed E-state index contributed by atoms with van der Waals surface area (Å²) in [5, 5.41) is 0. The van der Waals surface area contributed by atoms with E-state index in [1.807, 2.05) is 24.2 Å². The molecule has 2 aliphatic rings. The molecule has 0 radical (unpaired) electrons. The monoisotopic (exact) mass is 366 g/mol. The van der Waals surface area contributed by atoms with Crippen molar-refractivity contribution in [3.05, 3.63) is 45.7 Å². The Bertz CT molecular complexity index is 966. The first kappa shape index (κ1) is 16.0. The van der Waals surface area contributed by atoms with Crippen LogP contribution in [0.3, 0.4) is 0 Å². The van der Waals surface area contributed by atoms with Crippen molar-refractivity contribution in [3.63, 3.8) is 0 Å². The number of thiophene rings is 1. The third kappa shape index (κ3) is 2.55. The molecule has 1 amide bonds. The molecule has 3 aromatic heterocycles. The highest BCUT2D eigenvalue weighted by Crippen LogP contribution is 2.33. The first-order valence-corrected chi connectivity index (χ1v) is 10.2. The topological polar surface area (TPSA) is 51.0 Å². The van der Waals surface area contributed by atoms with E-state index < -0.39 is 0 Å². The molecule has 1 unspecified atom stereocenters. The van der Waals surface area contributed by atoms with Gasteiger partial charge in [0.1, 0.15) is 5.82 Å². The number of amides is 1. The molecule has 1 saturated heterocycles. The highest BCUT2D eigenvalue weighted by molar-refractivity contribution is 7.14. The molecule has 0 bridgehead atoms. The summed E-state index contributed by atoms with van der Waals surface area (Å²) < 4.78 is 2.13. The number of aryl methyl sites for hydroxylation is 3. The molecular formula is C20H22N4OS. The van der Waals surface area contributed by atoms with Crippen LogP contribution in [0.1, 0.15) is 51.1 Å². The number of aromatic nitrogens is 3. The van der Waals surface area contributed by atoms with Crippen LogP contribution in [0.5, 0.6) is 0 Å². The standard InChI is InChI=1S/C20H22N4OS/c1-23-16-11-21-8-6-15(16)22-19(23)14-7-9-24(12-14)20(25)18-10-13-4-2-3-5-17(13)26-18/h6,8,10-11,14H,2-5,7,9,12H2,1H3. The van der Waals surface area contributed by atoms with Crippen LogP contribution in [0.15, 0.2) is 24.5 Å². The van der Waals surface area contributed by atoms with Gasteiger partial charge in [0.15, 0.2) is 0 Å². The molecule has 5 rings (SSSR count). The maximum Gasteiger partial charge on any atom is 0.263 e. The summed E-state index contributed by atoms with van der Waals surface area (Å²) >= 11 is 1.71. The molecule has 134 valence electrons. The van der Waals surface area contributed by atoms with E-state index in [9.17, 15) is 4.79 Å². The zero-order valence-corrected chi connectivity index (χ0v) is 15.8. The fourth-order valence-corrected chi connectivity index (χ4v) is 5.55. The molecule has 0 saturated carbocycles. The maximum atomic E-state index is 13.0. The average Bonchev–Trinajstić information content (AvgIpc) is 3.38. The molecule has 1 atom stereocenters. The summed E-state index contributed by atoms with van der Waals surface area (Å²) in [5.41, 5.74) is 3.44. The first-order valence-electron chi connectivity index (χ1n) is 9.38. The number of nitrogens with zero attached hydrogens (tertiary/aromatic N) is 4. The third-order valence-electron chi connectivity index (χ3n) is 5.77. The molecule has 1 fully saturated rings. The zero-order valence-electron chi connectivity index (χ0n) is 14.9. The smallest absolute Gasteiger partial charge is 0.263 e. The van der Waals surface area contributed by atoms with E-state index in [1.165, 1.54) is 23.3 Å². The minimum Gasteiger partial charge on any atom is -0.337 e. The number of likely N-dealkylation sites (tertiary alicyclic amines) is 1. The summed E-state index contributed by atoms with van der Waals surface area (Å²) in [6, 6.07) is 4.10. The Morgan fingerprint density at radius 1 is 1.31 bits per heavy atom. The van der Waals surface area contributed by atoms with Crippen LogP contribution < -0.4 is 0 Å². The number of rotatable bonds is 2. The van der Waals surface area contributed by atoms with Crippen molar-refractivity contribution in [1.82, 2.24) is 19.4 Å². The first-order chi connectivity index (χ1) is 12.7. The lowest BCUT2D eigenvalue weighted by molar-refractivity contribution is 0.0795. The summed E-state index contributed by atoms with van der Waals surface area (Å²) in [6.07, 6.45) is 9.40. The van der Waals surface area contributed by atoms with E-state index in [1.54, 1.807) is 17.5 Å². The largest absolute Gasteiger partial charge is 0.337 e. The minimum absolute atomic E-state index is 0.201. The predicted molar refractivity (Wildman–Crippen MR) is 103 cm³/mol. The van der Waals surface area contributed by atoms with Gasteiger partial charge in [-0.25, -0.2) is 4.98 Å². The van der Waals surface area contributed by atoms with Gasteiger partial charge in [-0.15, -0.1) is 11.3 Å². The van der Waals surface area contributed by atoms with E-state index in [4.69, 9.17) is 4.98 Å². The van der Waals surface area contributed by atoms with E-state index >= 15 is 0 Å². The van der Waals surface area contributed by atoms with Crippen LogP contribution in [-0.4, -0.2) is 38.4 Å². The lowest BCUT2D eigenvalue weighted by atomic mass is 9.99. The van der Waals surface area contributed by atoms with E-state index in [-0.39, 0.29) is 5.91 Å². The third-order valence-corrected chi connectivity index (χ3v) is 6.99. The number of imidazole rings is 1. The number of hydrogen-bond donors (Lipinski definition) is 0. The Kier molecular flexibility index (Phi) is 3.81. The fraction of sp³-hybridized carbons (Fsp3) is 0.450. The number of pyridine rings is 1. The summed E-state index contributed by atoms with van der Waals surface area (Å²) in [5.74, 6) is 1.56. The molecule has 26 heavy (non-hydrogen) atoms. The Labute approximate surface area is 156 Å². The lowest BCUT2D eigenvalue weighted by Gasteiger charge is -2.15. The summed E-state index contributed by atoms with van der Waals surface area (Å²) in [4.78, 5) is 26.4. The molecule has 3 aromatic rings. The number of carbonyl (C=O) groups is 1. The van der Waals surface area contributed by atoms with Crippen molar-refractivity contribution < 1.29 is 4.79 Å². The molecule has 6 heteroatoms. The molecule has 4 heterocycles. The molecule has 1 aliphatic carbocycles. The number of hydrogen-bond acceptors (Lipinski definition) is 4. The van der Waals surface area contributed by atoms with Gasteiger partial charge in [0, 0.05) is 37.1 Å². The van der Waals surface area contributed by atoms with Gasteiger partial charge in [0.2, 0.25) is 0 Å². The molecule has 5 nitrogen and oxygen atoms in total. The van der Waals surface area contributed by atoms with Gasteiger partial charge in [-0.1, -0.05) is 0 Å². The van der Waals surface area contributed by atoms with Gasteiger partial charge >= 0.3 is 0 Å². The van der Waals surface area contributed by atoms with Crippen molar-refractivity contribution in [2.24, 2.45) is 7.05 Å². The number of carbonyl (C=O) groups excluding carboxylic acids is 1. The van der Waals surface area contributed by atoms with Crippen LogP contribution >= 0.6 is 11.3 Å². The molecular weight excluding hydrogens is 344 g/mol. The predicted octanol–water partition coefficient (Wildman–Crippen LogP) is 3.54. The Morgan fingerprint density at radius 3 is 3.04 bits per heavy atom. The second kappa shape index (κ2) is 6.20. The van der Waals surface area contributed by atoms with Crippen molar-refractivity contribution >= 4 is 28.3 Å². The normalized spacial score (nSPS) is 19.9. The van der Waals surface area contributed by atoms with E-state index in [2.05, 4.69) is 15.6 Å². The SMILES string of the molecule is Cn1c(C2CCN(C(=O)c3cc4c(s3)CCCC4)C2)nc2ccncc21. The van der Waals surface area contributed by atoms with Gasteiger partial charge in [-0.3, -0.25) is 9.78 Å². The van der Waals surface area contributed by atoms with Gasteiger partial charge < -0.3 is 9.47 Å². The van der Waals surface area contributed by atoms with Gasteiger partial charge in [0.25, 0.3) is 5.91 Å². The molecule has 0 N–H and O–H groups in total.